The highest BCUT2D eigenvalue weighted by Gasteiger charge is 2.12. The largest absolute Gasteiger partial charge is 0.321 e. The van der Waals surface area contributed by atoms with E-state index in [2.05, 4.69) is 53.3 Å². The van der Waals surface area contributed by atoms with Crippen molar-refractivity contribution in [3.05, 3.63) is 63.1 Å². The number of amides is 1. The number of nitrogens with one attached hydrogen (secondary N) is 1. The molecule has 2 aromatic carbocycles. The van der Waals surface area contributed by atoms with Crippen molar-refractivity contribution in [3.8, 4) is 0 Å². The van der Waals surface area contributed by atoms with Crippen molar-refractivity contribution >= 4 is 27.5 Å². The third-order valence-electron chi connectivity index (χ3n) is 3.67. The molecule has 1 N–H and O–H groups in total. The number of carbonyl (C=O) groups is 1. The molecule has 21 heavy (non-hydrogen) atoms. The second kappa shape index (κ2) is 6.90. The summed E-state index contributed by atoms with van der Waals surface area (Å²) in [6.07, 6.45) is 1.81. The molecule has 0 aliphatic carbocycles. The molecule has 3 heteroatoms. The van der Waals surface area contributed by atoms with Crippen molar-refractivity contribution in [2.24, 2.45) is 0 Å². The molecule has 0 spiro atoms. The number of para-hydroxylation sites is 1. The van der Waals surface area contributed by atoms with Gasteiger partial charge in [-0.2, -0.15) is 0 Å². The second-order valence-electron chi connectivity index (χ2n) is 5.08. The molecule has 0 unspecified atom stereocenters. The molecule has 0 saturated heterocycles. The van der Waals surface area contributed by atoms with Gasteiger partial charge in [-0.05, 0) is 48.6 Å². The third-order valence-corrected chi connectivity index (χ3v) is 4.53. The fourth-order valence-electron chi connectivity index (χ4n) is 2.32. The van der Waals surface area contributed by atoms with E-state index >= 15 is 0 Å². The maximum Gasteiger partial charge on any atom is 0.255 e. The average molecular weight is 346 g/mol. The molecule has 0 atom stereocenters. The van der Waals surface area contributed by atoms with E-state index in [1.54, 1.807) is 0 Å². The van der Waals surface area contributed by atoms with Gasteiger partial charge in [0, 0.05) is 15.7 Å². The summed E-state index contributed by atoms with van der Waals surface area (Å²) in [6.45, 7) is 6.22. The van der Waals surface area contributed by atoms with Gasteiger partial charge in [-0.1, -0.05) is 54.0 Å². The van der Waals surface area contributed by atoms with Gasteiger partial charge >= 0.3 is 0 Å². The predicted octanol–water partition coefficient (Wildman–Crippen LogP) is 5.13. The molecule has 0 radical (unpaired) electrons. The molecule has 110 valence electrons. The summed E-state index contributed by atoms with van der Waals surface area (Å²) < 4.78 is 0.953. The summed E-state index contributed by atoms with van der Waals surface area (Å²) in [5.41, 5.74) is 5.10. The Morgan fingerprint density at radius 2 is 1.71 bits per heavy atom. The summed E-state index contributed by atoms with van der Waals surface area (Å²) in [5.74, 6) is -0.0636. The van der Waals surface area contributed by atoms with Crippen LogP contribution < -0.4 is 5.32 Å². The predicted molar refractivity (Wildman–Crippen MR) is 92.0 cm³/mol. The number of aryl methyl sites for hydroxylation is 3. The zero-order chi connectivity index (χ0) is 15.4. The van der Waals surface area contributed by atoms with Crippen LogP contribution in [0, 0.1) is 6.92 Å². The SMILES string of the molecule is CCc1cccc(CC)c1NC(=O)c1ccc(C)c(Br)c1. The van der Waals surface area contributed by atoms with E-state index in [1.807, 2.05) is 25.1 Å². The van der Waals surface area contributed by atoms with Gasteiger partial charge in [-0.15, -0.1) is 0 Å². The normalized spacial score (nSPS) is 10.5. The minimum Gasteiger partial charge on any atom is -0.321 e. The molecule has 0 heterocycles. The van der Waals surface area contributed by atoms with E-state index < -0.39 is 0 Å². The number of hydrogen-bond donors (Lipinski definition) is 1. The van der Waals surface area contributed by atoms with Crippen molar-refractivity contribution in [1.29, 1.82) is 0 Å². The van der Waals surface area contributed by atoms with Gasteiger partial charge in [0.25, 0.3) is 5.91 Å². The number of halogens is 1. The highest BCUT2D eigenvalue weighted by atomic mass is 79.9. The average Bonchev–Trinajstić information content (AvgIpc) is 2.50. The Morgan fingerprint density at radius 1 is 1.10 bits per heavy atom. The van der Waals surface area contributed by atoms with Crippen LogP contribution in [0.1, 0.15) is 40.9 Å². The van der Waals surface area contributed by atoms with Crippen molar-refractivity contribution in [1.82, 2.24) is 0 Å². The van der Waals surface area contributed by atoms with Gasteiger partial charge < -0.3 is 5.32 Å². The van der Waals surface area contributed by atoms with Crippen molar-refractivity contribution in [2.45, 2.75) is 33.6 Å². The summed E-state index contributed by atoms with van der Waals surface area (Å²) in [6, 6.07) is 11.9. The molecule has 0 fully saturated rings. The quantitative estimate of drug-likeness (QED) is 0.816. The van der Waals surface area contributed by atoms with E-state index in [-0.39, 0.29) is 5.91 Å². The smallest absolute Gasteiger partial charge is 0.255 e. The Hall–Kier alpha value is -1.61. The van der Waals surface area contributed by atoms with E-state index in [0.29, 0.717) is 5.56 Å². The molecular formula is C18H20BrNO. The molecule has 2 nitrogen and oxygen atoms in total. The lowest BCUT2D eigenvalue weighted by molar-refractivity contribution is 0.102. The van der Waals surface area contributed by atoms with Crippen LogP contribution in [-0.2, 0) is 12.8 Å². The van der Waals surface area contributed by atoms with Gasteiger partial charge in [0.2, 0.25) is 0 Å². The summed E-state index contributed by atoms with van der Waals surface area (Å²) in [5, 5.41) is 3.08. The van der Waals surface area contributed by atoms with E-state index in [4.69, 9.17) is 0 Å². The second-order valence-corrected chi connectivity index (χ2v) is 5.93. The first-order valence-corrected chi connectivity index (χ1v) is 8.04. The molecule has 2 aromatic rings. The van der Waals surface area contributed by atoms with Crippen LogP contribution in [0.2, 0.25) is 0 Å². The van der Waals surface area contributed by atoms with Crippen molar-refractivity contribution in [2.75, 3.05) is 5.32 Å². The fraction of sp³-hybridized carbons (Fsp3) is 0.278. The molecule has 0 bridgehead atoms. The van der Waals surface area contributed by atoms with Crippen LogP contribution in [-0.4, -0.2) is 5.91 Å². The molecule has 1 amide bonds. The number of anilines is 1. The molecule has 0 aliphatic heterocycles. The van der Waals surface area contributed by atoms with Crippen LogP contribution >= 0.6 is 15.9 Å². The minimum atomic E-state index is -0.0636. The lowest BCUT2D eigenvalue weighted by Gasteiger charge is -2.14. The molecule has 0 aliphatic rings. The first-order valence-electron chi connectivity index (χ1n) is 7.25. The lowest BCUT2D eigenvalue weighted by Crippen LogP contribution is -2.15. The Bertz CT molecular complexity index is 642. The maximum absolute atomic E-state index is 12.5. The molecule has 0 saturated carbocycles. The lowest BCUT2D eigenvalue weighted by atomic mass is 10.0. The van der Waals surface area contributed by atoms with E-state index in [1.165, 1.54) is 11.1 Å². The Balaban J connectivity index is 2.33. The number of hydrogen-bond acceptors (Lipinski definition) is 1. The standard InChI is InChI=1S/C18H20BrNO/c1-4-13-7-6-8-14(5-2)17(13)20-18(21)15-10-9-12(3)16(19)11-15/h6-11H,4-5H2,1-3H3,(H,20,21). The highest BCUT2D eigenvalue weighted by molar-refractivity contribution is 9.10. The van der Waals surface area contributed by atoms with E-state index in [0.717, 1.165) is 28.6 Å². The fourth-order valence-corrected chi connectivity index (χ4v) is 2.70. The highest BCUT2D eigenvalue weighted by Crippen LogP contribution is 2.24. The Morgan fingerprint density at radius 3 is 2.24 bits per heavy atom. The van der Waals surface area contributed by atoms with Crippen LogP contribution in [0.5, 0.6) is 0 Å². The number of benzene rings is 2. The third kappa shape index (κ3) is 3.53. The first kappa shape index (κ1) is 15.8. The van der Waals surface area contributed by atoms with Crippen LogP contribution in [0.25, 0.3) is 0 Å². The Labute approximate surface area is 134 Å². The van der Waals surface area contributed by atoms with Gasteiger partial charge in [-0.25, -0.2) is 0 Å². The van der Waals surface area contributed by atoms with E-state index in [9.17, 15) is 4.79 Å². The zero-order valence-electron chi connectivity index (χ0n) is 12.7. The van der Waals surface area contributed by atoms with Crippen LogP contribution in [0.15, 0.2) is 40.9 Å². The van der Waals surface area contributed by atoms with Gasteiger partial charge in [0.1, 0.15) is 0 Å². The first-order chi connectivity index (χ1) is 10.1. The zero-order valence-corrected chi connectivity index (χ0v) is 14.3. The van der Waals surface area contributed by atoms with Crippen molar-refractivity contribution < 1.29 is 4.79 Å². The van der Waals surface area contributed by atoms with Crippen LogP contribution in [0.4, 0.5) is 5.69 Å². The van der Waals surface area contributed by atoms with Gasteiger partial charge in [0.05, 0.1) is 0 Å². The Kier molecular flexibility index (Phi) is 5.18. The number of carbonyl (C=O) groups excluding carboxylic acids is 1. The minimum absolute atomic E-state index is 0.0636. The maximum atomic E-state index is 12.5. The number of rotatable bonds is 4. The van der Waals surface area contributed by atoms with Gasteiger partial charge in [-0.3, -0.25) is 4.79 Å². The molecular weight excluding hydrogens is 326 g/mol. The topological polar surface area (TPSA) is 29.1 Å². The summed E-state index contributed by atoms with van der Waals surface area (Å²) >= 11 is 3.48. The van der Waals surface area contributed by atoms with Crippen molar-refractivity contribution in [3.63, 3.8) is 0 Å². The van der Waals surface area contributed by atoms with Gasteiger partial charge in [0.15, 0.2) is 0 Å². The molecule has 0 aromatic heterocycles. The molecule has 2 rings (SSSR count). The van der Waals surface area contributed by atoms with Crippen LogP contribution in [0.3, 0.4) is 0 Å². The monoisotopic (exact) mass is 345 g/mol. The summed E-state index contributed by atoms with van der Waals surface area (Å²) in [4.78, 5) is 12.5. The summed E-state index contributed by atoms with van der Waals surface area (Å²) in [7, 11) is 0.